The van der Waals surface area contributed by atoms with Crippen molar-refractivity contribution in [3.63, 3.8) is 0 Å². The molecule has 0 unspecified atom stereocenters. The molecule has 0 atom stereocenters. The summed E-state index contributed by atoms with van der Waals surface area (Å²) in [4.78, 5) is 16.8. The van der Waals surface area contributed by atoms with Crippen molar-refractivity contribution in [1.82, 2.24) is 14.8 Å². The fourth-order valence-corrected chi connectivity index (χ4v) is 3.09. The summed E-state index contributed by atoms with van der Waals surface area (Å²) in [6.07, 6.45) is 5.17. The summed E-state index contributed by atoms with van der Waals surface area (Å²) in [5.74, 6) is -0.271. The molecule has 4 rings (SSSR count). The first kappa shape index (κ1) is 14.7. The Labute approximate surface area is 139 Å². The average molecular weight is 322 g/mol. The monoisotopic (exact) mass is 322 g/mol. The Kier molecular flexibility index (Phi) is 3.65. The van der Waals surface area contributed by atoms with Crippen LogP contribution in [0.15, 0.2) is 41.0 Å². The molecule has 2 heterocycles. The van der Waals surface area contributed by atoms with Gasteiger partial charge < -0.3 is 4.42 Å². The lowest BCUT2D eigenvalue weighted by Gasteiger charge is -2.04. The molecule has 6 nitrogen and oxygen atoms in total. The molecule has 1 aliphatic carbocycles. The standard InChI is InChI=1S/C18H18N4O2/c1-2-12-11-24-18(19-12)20-17(23)16-14-9-6-10-15(14)22(21-16)13-7-4-3-5-8-13/h3-5,7-8,11H,2,6,9-10H2,1H3,(H,19,20,23). The molecule has 0 bridgehead atoms. The lowest BCUT2D eigenvalue weighted by molar-refractivity contribution is 0.101. The Hall–Kier alpha value is -2.89. The third-order valence-corrected chi connectivity index (χ3v) is 4.28. The van der Waals surface area contributed by atoms with E-state index in [2.05, 4.69) is 15.4 Å². The van der Waals surface area contributed by atoms with Gasteiger partial charge in [0.1, 0.15) is 6.26 Å². The van der Waals surface area contributed by atoms with E-state index in [9.17, 15) is 4.79 Å². The number of rotatable bonds is 4. The molecule has 2 aromatic heterocycles. The SMILES string of the molecule is CCc1coc(NC(=O)c2nn(-c3ccccc3)c3c2CCC3)n1. The molecule has 6 heteroatoms. The second kappa shape index (κ2) is 5.96. The largest absolute Gasteiger partial charge is 0.432 e. The number of nitrogens with one attached hydrogen (secondary N) is 1. The van der Waals surface area contributed by atoms with Gasteiger partial charge in [0.2, 0.25) is 0 Å². The first-order valence-electron chi connectivity index (χ1n) is 8.18. The number of benzene rings is 1. The minimum Gasteiger partial charge on any atom is -0.432 e. The van der Waals surface area contributed by atoms with Gasteiger partial charge in [0.25, 0.3) is 5.91 Å². The summed E-state index contributed by atoms with van der Waals surface area (Å²) in [5, 5.41) is 7.28. The van der Waals surface area contributed by atoms with Gasteiger partial charge >= 0.3 is 6.01 Å². The van der Waals surface area contributed by atoms with E-state index >= 15 is 0 Å². The highest BCUT2D eigenvalue weighted by Crippen LogP contribution is 2.28. The fourth-order valence-electron chi connectivity index (χ4n) is 3.09. The smallest absolute Gasteiger partial charge is 0.301 e. The predicted molar refractivity (Wildman–Crippen MR) is 89.4 cm³/mol. The Morgan fingerprint density at radius 2 is 2.12 bits per heavy atom. The van der Waals surface area contributed by atoms with Crippen LogP contribution in [-0.2, 0) is 19.3 Å². The molecule has 0 spiro atoms. The molecule has 0 saturated carbocycles. The lowest BCUT2D eigenvalue weighted by atomic mass is 10.2. The number of aromatic nitrogens is 3. The number of anilines is 1. The van der Waals surface area contributed by atoms with Crippen molar-refractivity contribution in [2.45, 2.75) is 32.6 Å². The van der Waals surface area contributed by atoms with Crippen LogP contribution in [0.3, 0.4) is 0 Å². The zero-order valence-electron chi connectivity index (χ0n) is 13.5. The number of carbonyl (C=O) groups is 1. The van der Waals surface area contributed by atoms with Gasteiger partial charge in [-0.15, -0.1) is 0 Å². The highest BCUT2D eigenvalue weighted by molar-refractivity contribution is 6.03. The number of fused-ring (bicyclic) bond motifs is 1. The van der Waals surface area contributed by atoms with Crippen molar-refractivity contribution in [3.8, 4) is 5.69 Å². The molecule has 3 aromatic rings. The van der Waals surface area contributed by atoms with E-state index in [1.54, 1.807) is 6.26 Å². The number of nitrogens with zero attached hydrogens (tertiary/aromatic N) is 3. The Bertz CT molecular complexity index is 880. The second-order valence-electron chi connectivity index (χ2n) is 5.83. The van der Waals surface area contributed by atoms with Gasteiger partial charge in [0, 0.05) is 11.3 Å². The fraction of sp³-hybridized carbons (Fsp3) is 0.278. The molecule has 1 amide bonds. The summed E-state index contributed by atoms with van der Waals surface area (Å²) >= 11 is 0. The minimum absolute atomic E-state index is 0.220. The number of hydrogen-bond donors (Lipinski definition) is 1. The molecule has 24 heavy (non-hydrogen) atoms. The van der Waals surface area contributed by atoms with E-state index in [4.69, 9.17) is 4.42 Å². The molecule has 1 N–H and O–H groups in total. The van der Waals surface area contributed by atoms with Crippen molar-refractivity contribution in [2.24, 2.45) is 0 Å². The maximum atomic E-state index is 12.6. The molecule has 0 fully saturated rings. The quantitative estimate of drug-likeness (QED) is 0.801. The first-order valence-corrected chi connectivity index (χ1v) is 8.18. The van der Waals surface area contributed by atoms with Crippen LogP contribution in [0.1, 0.15) is 40.8 Å². The zero-order valence-corrected chi connectivity index (χ0v) is 13.5. The van der Waals surface area contributed by atoms with E-state index in [0.717, 1.165) is 48.3 Å². The molecule has 1 aliphatic rings. The summed E-state index contributed by atoms with van der Waals surface area (Å²) in [6.45, 7) is 1.98. The van der Waals surface area contributed by atoms with Crippen LogP contribution in [0.4, 0.5) is 6.01 Å². The van der Waals surface area contributed by atoms with Gasteiger partial charge in [-0.3, -0.25) is 10.1 Å². The van der Waals surface area contributed by atoms with Gasteiger partial charge in [-0.1, -0.05) is 25.1 Å². The normalized spacial score (nSPS) is 13.0. The highest BCUT2D eigenvalue weighted by atomic mass is 16.4. The number of carbonyl (C=O) groups excluding carboxylic acids is 1. The van der Waals surface area contributed by atoms with Crippen molar-refractivity contribution in [3.05, 3.63) is 59.2 Å². The molecule has 0 saturated heterocycles. The minimum atomic E-state index is -0.271. The summed E-state index contributed by atoms with van der Waals surface area (Å²) in [6, 6.07) is 10.1. The Balaban J connectivity index is 1.67. The molecule has 0 aliphatic heterocycles. The third-order valence-electron chi connectivity index (χ3n) is 4.28. The van der Waals surface area contributed by atoms with Crippen LogP contribution in [0.5, 0.6) is 0 Å². The lowest BCUT2D eigenvalue weighted by Crippen LogP contribution is -2.15. The first-order chi connectivity index (χ1) is 11.8. The molecule has 1 aromatic carbocycles. The highest BCUT2D eigenvalue weighted by Gasteiger charge is 2.27. The molecule has 0 radical (unpaired) electrons. The van der Waals surface area contributed by atoms with Gasteiger partial charge in [-0.25, -0.2) is 4.68 Å². The number of amides is 1. The Morgan fingerprint density at radius 3 is 2.88 bits per heavy atom. The maximum Gasteiger partial charge on any atom is 0.301 e. The number of para-hydroxylation sites is 1. The zero-order chi connectivity index (χ0) is 16.5. The van der Waals surface area contributed by atoms with Gasteiger partial charge in [0.15, 0.2) is 5.69 Å². The van der Waals surface area contributed by atoms with E-state index in [1.165, 1.54) is 0 Å². The second-order valence-corrected chi connectivity index (χ2v) is 5.83. The van der Waals surface area contributed by atoms with Gasteiger partial charge in [-0.2, -0.15) is 10.1 Å². The average Bonchev–Trinajstić information content (AvgIpc) is 3.31. The van der Waals surface area contributed by atoms with E-state index in [-0.39, 0.29) is 11.9 Å². The van der Waals surface area contributed by atoms with E-state index in [1.807, 2.05) is 41.9 Å². The van der Waals surface area contributed by atoms with Crippen molar-refractivity contribution >= 4 is 11.9 Å². The van der Waals surface area contributed by atoms with Gasteiger partial charge in [0.05, 0.1) is 11.4 Å². The number of hydrogen-bond acceptors (Lipinski definition) is 4. The van der Waals surface area contributed by atoms with Crippen LogP contribution < -0.4 is 5.32 Å². The van der Waals surface area contributed by atoms with Crippen molar-refractivity contribution in [2.75, 3.05) is 5.32 Å². The van der Waals surface area contributed by atoms with Crippen LogP contribution in [-0.4, -0.2) is 20.7 Å². The number of oxazole rings is 1. The molecule has 122 valence electrons. The molecular formula is C18H18N4O2. The van der Waals surface area contributed by atoms with Crippen LogP contribution >= 0.6 is 0 Å². The van der Waals surface area contributed by atoms with E-state index < -0.39 is 0 Å². The molecular weight excluding hydrogens is 304 g/mol. The third kappa shape index (κ3) is 2.50. The predicted octanol–water partition coefficient (Wildman–Crippen LogP) is 3.16. The summed E-state index contributed by atoms with van der Waals surface area (Å²) < 4.78 is 7.16. The van der Waals surface area contributed by atoms with Crippen LogP contribution in [0, 0.1) is 0 Å². The summed E-state index contributed by atoms with van der Waals surface area (Å²) in [7, 11) is 0. The van der Waals surface area contributed by atoms with E-state index in [0.29, 0.717) is 5.69 Å². The van der Waals surface area contributed by atoms with Crippen molar-refractivity contribution < 1.29 is 9.21 Å². The van der Waals surface area contributed by atoms with Crippen LogP contribution in [0.2, 0.25) is 0 Å². The maximum absolute atomic E-state index is 12.6. The number of aryl methyl sites for hydroxylation is 1. The Morgan fingerprint density at radius 1 is 1.29 bits per heavy atom. The van der Waals surface area contributed by atoms with Crippen LogP contribution in [0.25, 0.3) is 5.69 Å². The topological polar surface area (TPSA) is 73.0 Å². The van der Waals surface area contributed by atoms with Gasteiger partial charge in [-0.05, 0) is 37.8 Å². The van der Waals surface area contributed by atoms with Crippen molar-refractivity contribution in [1.29, 1.82) is 0 Å². The summed E-state index contributed by atoms with van der Waals surface area (Å²) in [5.41, 5.74) is 4.39.